The molecule has 1 fully saturated rings. The number of anilines is 1. The minimum absolute atomic E-state index is 0.0610. The standard InChI is InChI=1S/C40H53ClN4O5/c1-40(2,3)28-45-33-18-17-30(41)26-32(33)37(50-35(39(45)47)27-36(46)44-23-10-20-43-22-24-44)31-15-8-16-34(38(31)48-4)49-25-11-21-42-19-9-14-29-12-6-5-7-13-29/h5-8,12-13,15-18,26,35,37,42-43H,9-11,14,19-25,27-28H2,1-4H3/t35-,37-/m1/s1. The Labute approximate surface area is 302 Å². The lowest BCUT2D eigenvalue weighted by atomic mass is 9.94. The molecule has 2 N–H and O–H groups in total. The van der Waals surface area contributed by atoms with Gasteiger partial charge in [-0.25, -0.2) is 0 Å². The first-order valence-corrected chi connectivity index (χ1v) is 18.3. The van der Waals surface area contributed by atoms with Crippen molar-refractivity contribution >= 4 is 29.1 Å². The van der Waals surface area contributed by atoms with E-state index in [0.717, 1.165) is 57.4 Å². The Morgan fingerprint density at radius 1 is 1.00 bits per heavy atom. The van der Waals surface area contributed by atoms with Crippen LogP contribution in [0.2, 0.25) is 5.02 Å². The molecule has 0 saturated carbocycles. The third kappa shape index (κ3) is 10.2. The van der Waals surface area contributed by atoms with E-state index in [1.54, 1.807) is 18.1 Å². The van der Waals surface area contributed by atoms with Gasteiger partial charge in [0.2, 0.25) is 5.91 Å². The van der Waals surface area contributed by atoms with E-state index in [0.29, 0.717) is 54.0 Å². The molecule has 0 spiro atoms. The Kier molecular flexibility index (Phi) is 13.6. The number of fused-ring (bicyclic) bond motifs is 1. The Balaban J connectivity index is 1.36. The molecular formula is C40H53ClN4O5. The minimum atomic E-state index is -1.01. The molecule has 3 aromatic rings. The summed E-state index contributed by atoms with van der Waals surface area (Å²) in [7, 11) is 1.61. The summed E-state index contributed by atoms with van der Waals surface area (Å²) in [6.07, 6.45) is 1.99. The lowest BCUT2D eigenvalue weighted by molar-refractivity contribution is -0.143. The Morgan fingerprint density at radius 3 is 2.58 bits per heavy atom. The summed E-state index contributed by atoms with van der Waals surface area (Å²) in [6, 6.07) is 21.8. The average Bonchev–Trinajstić information content (AvgIpc) is 3.44. The first kappa shape index (κ1) is 37.6. The van der Waals surface area contributed by atoms with Crippen molar-refractivity contribution in [2.24, 2.45) is 5.41 Å². The third-order valence-corrected chi connectivity index (χ3v) is 9.24. The molecule has 2 atom stereocenters. The van der Waals surface area contributed by atoms with Gasteiger partial charge in [-0.1, -0.05) is 74.8 Å². The molecule has 9 nitrogen and oxygen atoms in total. The highest BCUT2D eigenvalue weighted by Gasteiger charge is 2.40. The number of amides is 2. The van der Waals surface area contributed by atoms with Crippen LogP contribution < -0.4 is 25.0 Å². The quantitative estimate of drug-likeness (QED) is 0.187. The highest BCUT2D eigenvalue weighted by atomic mass is 35.5. The lowest BCUT2D eigenvalue weighted by Gasteiger charge is -2.31. The molecule has 0 aliphatic carbocycles. The van der Waals surface area contributed by atoms with Crippen molar-refractivity contribution in [3.63, 3.8) is 0 Å². The monoisotopic (exact) mass is 704 g/mol. The van der Waals surface area contributed by atoms with Crippen LogP contribution in [0.15, 0.2) is 66.7 Å². The number of carbonyl (C=O) groups is 2. The summed E-state index contributed by atoms with van der Waals surface area (Å²) in [4.78, 5) is 31.7. The van der Waals surface area contributed by atoms with E-state index in [4.69, 9.17) is 25.8 Å². The van der Waals surface area contributed by atoms with Gasteiger partial charge < -0.3 is 34.6 Å². The number of nitrogens with zero attached hydrogens (tertiary/aromatic N) is 2. The molecule has 0 unspecified atom stereocenters. The molecule has 0 radical (unpaired) electrons. The van der Waals surface area contributed by atoms with Gasteiger partial charge in [0, 0.05) is 48.0 Å². The van der Waals surface area contributed by atoms with Crippen molar-refractivity contribution in [2.45, 2.75) is 65.1 Å². The number of ether oxygens (including phenoxy) is 3. The first-order valence-electron chi connectivity index (χ1n) is 17.9. The highest BCUT2D eigenvalue weighted by molar-refractivity contribution is 6.30. The number of hydrogen-bond donors (Lipinski definition) is 2. The van der Waals surface area contributed by atoms with Gasteiger partial charge in [-0.3, -0.25) is 9.59 Å². The molecule has 5 rings (SSSR count). The second-order valence-electron chi connectivity index (χ2n) is 14.3. The van der Waals surface area contributed by atoms with Crippen LogP contribution in [0.1, 0.15) is 69.2 Å². The van der Waals surface area contributed by atoms with Gasteiger partial charge in [-0.05, 0) is 80.6 Å². The topological polar surface area (TPSA) is 92.4 Å². The summed E-state index contributed by atoms with van der Waals surface area (Å²) >= 11 is 6.62. The van der Waals surface area contributed by atoms with E-state index >= 15 is 0 Å². The number of aryl methyl sites for hydroxylation is 1. The molecule has 1 saturated heterocycles. The predicted octanol–water partition coefficient (Wildman–Crippen LogP) is 6.42. The fourth-order valence-corrected chi connectivity index (χ4v) is 6.78. The number of carbonyl (C=O) groups excluding carboxylic acids is 2. The molecule has 0 bridgehead atoms. The van der Waals surface area contributed by atoms with Crippen molar-refractivity contribution in [2.75, 3.05) is 64.4 Å². The van der Waals surface area contributed by atoms with E-state index in [1.807, 2.05) is 41.3 Å². The van der Waals surface area contributed by atoms with Gasteiger partial charge in [0.05, 0.1) is 20.1 Å². The Morgan fingerprint density at radius 2 is 1.80 bits per heavy atom. The van der Waals surface area contributed by atoms with E-state index in [2.05, 4.69) is 55.7 Å². The van der Waals surface area contributed by atoms with Gasteiger partial charge in [0.25, 0.3) is 5.91 Å². The zero-order valence-corrected chi connectivity index (χ0v) is 30.8. The van der Waals surface area contributed by atoms with Gasteiger partial charge >= 0.3 is 0 Å². The van der Waals surface area contributed by atoms with Crippen LogP contribution in [0, 0.1) is 5.41 Å². The van der Waals surface area contributed by atoms with Crippen LogP contribution in [0.4, 0.5) is 5.69 Å². The maximum atomic E-state index is 14.4. The number of halogens is 1. The molecule has 50 heavy (non-hydrogen) atoms. The fraction of sp³-hybridized carbons (Fsp3) is 0.500. The summed E-state index contributed by atoms with van der Waals surface area (Å²) in [5.74, 6) is 0.783. The zero-order valence-electron chi connectivity index (χ0n) is 30.0. The Bertz CT molecular complexity index is 1560. The molecule has 10 heteroatoms. The van der Waals surface area contributed by atoms with Crippen LogP contribution in [0.5, 0.6) is 11.5 Å². The first-order chi connectivity index (χ1) is 24.1. The van der Waals surface area contributed by atoms with Crippen LogP contribution >= 0.6 is 11.6 Å². The maximum Gasteiger partial charge on any atom is 0.256 e. The zero-order chi connectivity index (χ0) is 35.5. The van der Waals surface area contributed by atoms with E-state index in [9.17, 15) is 9.59 Å². The number of rotatable bonds is 14. The summed E-state index contributed by atoms with van der Waals surface area (Å²) in [5, 5.41) is 7.38. The normalized spacial score (nSPS) is 18.3. The lowest BCUT2D eigenvalue weighted by Crippen LogP contribution is -2.46. The van der Waals surface area contributed by atoms with Gasteiger partial charge in [0.15, 0.2) is 11.5 Å². The number of para-hydroxylation sites is 1. The van der Waals surface area contributed by atoms with Gasteiger partial charge in [-0.2, -0.15) is 0 Å². The second kappa shape index (κ2) is 18.0. The average molecular weight is 705 g/mol. The molecule has 2 heterocycles. The summed E-state index contributed by atoms with van der Waals surface area (Å²) < 4.78 is 19.1. The van der Waals surface area contributed by atoms with E-state index < -0.39 is 12.2 Å². The summed E-state index contributed by atoms with van der Waals surface area (Å²) in [6.45, 7) is 11.8. The number of benzene rings is 3. The molecule has 2 amide bonds. The van der Waals surface area contributed by atoms with Crippen LogP contribution in [-0.2, 0) is 20.7 Å². The van der Waals surface area contributed by atoms with Crippen molar-refractivity contribution in [1.82, 2.24) is 15.5 Å². The van der Waals surface area contributed by atoms with Crippen molar-refractivity contribution < 1.29 is 23.8 Å². The third-order valence-electron chi connectivity index (χ3n) is 9.00. The van der Waals surface area contributed by atoms with Crippen LogP contribution in [0.25, 0.3) is 0 Å². The van der Waals surface area contributed by atoms with Crippen molar-refractivity contribution in [3.05, 3.63) is 88.4 Å². The molecule has 2 aliphatic heterocycles. The predicted molar refractivity (Wildman–Crippen MR) is 199 cm³/mol. The van der Waals surface area contributed by atoms with Gasteiger partial charge in [0.1, 0.15) is 12.2 Å². The SMILES string of the molecule is COc1c(OCCCNCCCc2ccccc2)cccc1[C@H]1O[C@H](CC(=O)N2CCCNCC2)C(=O)N(CC(C)(C)C)c2ccc(Cl)cc21. The van der Waals surface area contributed by atoms with E-state index in [-0.39, 0.29) is 23.7 Å². The second-order valence-corrected chi connectivity index (χ2v) is 14.7. The molecule has 270 valence electrons. The number of methoxy groups -OCH3 is 1. The number of nitrogens with one attached hydrogen (secondary N) is 2. The Hall–Kier alpha value is -3.63. The smallest absolute Gasteiger partial charge is 0.256 e. The molecular weight excluding hydrogens is 652 g/mol. The van der Waals surface area contributed by atoms with Crippen LogP contribution in [0.3, 0.4) is 0 Å². The highest BCUT2D eigenvalue weighted by Crippen LogP contribution is 2.45. The van der Waals surface area contributed by atoms with Gasteiger partial charge in [-0.15, -0.1) is 0 Å². The molecule has 0 aromatic heterocycles. The molecule has 3 aromatic carbocycles. The fourth-order valence-electron chi connectivity index (χ4n) is 6.60. The largest absolute Gasteiger partial charge is 0.492 e. The maximum absolute atomic E-state index is 14.4. The van der Waals surface area contributed by atoms with Crippen LogP contribution in [-0.4, -0.2) is 82.3 Å². The summed E-state index contributed by atoms with van der Waals surface area (Å²) in [5.41, 5.74) is 3.28. The van der Waals surface area contributed by atoms with Crippen molar-refractivity contribution in [3.8, 4) is 11.5 Å². The number of hydrogen-bond acceptors (Lipinski definition) is 7. The van der Waals surface area contributed by atoms with E-state index in [1.165, 1.54) is 5.56 Å². The molecule has 2 aliphatic rings. The van der Waals surface area contributed by atoms with Crippen molar-refractivity contribution in [1.29, 1.82) is 0 Å². The minimum Gasteiger partial charge on any atom is -0.492 e.